The highest BCUT2D eigenvalue weighted by Crippen LogP contribution is 2.53. The monoisotopic (exact) mass is 685 g/mol. The summed E-state index contributed by atoms with van der Waals surface area (Å²) >= 11 is 0. The number of furan rings is 1. The highest BCUT2D eigenvalue weighted by molar-refractivity contribution is 6.12. The second kappa shape index (κ2) is 12.1. The summed E-state index contributed by atoms with van der Waals surface area (Å²) in [6, 6.07) is 51.2. The number of benzene rings is 7. The summed E-state index contributed by atoms with van der Waals surface area (Å²) in [5.74, 6) is 0. The van der Waals surface area contributed by atoms with Crippen molar-refractivity contribution in [3.8, 4) is 39.1 Å². The molecule has 0 spiro atoms. The summed E-state index contributed by atoms with van der Waals surface area (Å²) in [6.07, 6.45) is 6.00. The molecule has 2 aliphatic rings. The van der Waals surface area contributed by atoms with E-state index in [2.05, 4.69) is 160 Å². The number of aromatic nitrogens is 1. The van der Waals surface area contributed by atoms with Crippen LogP contribution in [0, 0.1) is 13.8 Å². The molecule has 1 saturated carbocycles. The Morgan fingerprint density at radius 1 is 0.453 bits per heavy atom. The second-order valence-electron chi connectivity index (χ2n) is 15.7. The first kappa shape index (κ1) is 31.8. The number of para-hydroxylation sites is 3. The van der Waals surface area contributed by atoms with E-state index in [1.165, 1.54) is 109 Å². The molecule has 53 heavy (non-hydrogen) atoms. The molecule has 1 fully saturated rings. The van der Waals surface area contributed by atoms with Gasteiger partial charge in [0.25, 0.3) is 0 Å². The molecule has 11 rings (SSSR count). The molecule has 2 aliphatic carbocycles. The molecule has 2 heterocycles. The van der Waals surface area contributed by atoms with Crippen LogP contribution in [0.25, 0.3) is 82.8 Å². The van der Waals surface area contributed by atoms with E-state index in [0.717, 1.165) is 21.9 Å². The van der Waals surface area contributed by atoms with Crippen LogP contribution in [-0.4, -0.2) is 4.57 Å². The normalized spacial score (nSPS) is 14.3. The Bertz CT molecular complexity index is 2870. The van der Waals surface area contributed by atoms with E-state index in [1.54, 1.807) is 0 Å². The fraction of sp³-hybridized carbons (Fsp3) is 0.176. The van der Waals surface area contributed by atoms with Gasteiger partial charge >= 0.3 is 0 Å². The molecule has 2 heteroatoms. The van der Waals surface area contributed by atoms with Gasteiger partial charge in [-0.2, -0.15) is 0 Å². The van der Waals surface area contributed by atoms with Crippen molar-refractivity contribution in [2.24, 2.45) is 0 Å². The first-order valence-electron chi connectivity index (χ1n) is 19.2. The van der Waals surface area contributed by atoms with Crippen molar-refractivity contribution >= 4 is 43.7 Å². The first-order valence-corrected chi connectivity index (χ1v) is 19.2. The predicted octanol–water partition coefficient (Wildman–Crippen LogP) is 14.5. The van der Waals surface area contributed by atoms with Crippen LogP contribution >= 0.6 is 0 Å². The zero-order valence-corrected chi connectivity index (χ0v) is 31.0. The van der Waals surface area contributed by atoms with Gasteiger partial charge in [0, 0.05) is 32.6 Å². The molecule has 0 aliphatic heterocycles. The first-order chi connectivity index (χ1) is 25.9. The Hall–Kier alpha value is -5.86. The standard InChI is InChI=1S/C47H35NO.C4H8/c1-28-18-19-30(31-20-21-46-40(24-31)34-15-9-11-17-45(34)49-46)23-35(28)36-25-37-38-26-39-33-14-8-10-16-43(33)48(32-12-6-5-7-13-32)44(39)27-42(38)47(3,4)41(37)22-29(36)2;1-2-4-3-1/h5-27H,1-4H3;1-4H2. The van der Waals surface area contributed by atoms with Crippen molar-refractivity contribution in [2.75, 3.05) is 0 Å². The summed E-state index contributed by atoms with van der Waals surface area (Å²) in [4.78, 5) is 0. The Balaban J connectivity index is 0.000000822. The van der Waals surface area contributed by atoms with Gasteiger partial charge in [-0.15, -0.1) is 0 Å². The van der Waals surface area contributed by atoms with Crippen LogP contribution in [0.3, 0.4) is 0 Å². The van der Waals surface area contributed by atoms with Gasteiger partial charge < -0.3 is 8.98 Å². The van der Waals surface area contributed by atoms with Crippen molar-refractivity contribution in [1.82, 2.24) is 4.57 Å². The Kier molecular flexibility index (Phi) is 7.27. The lowest BCUT2D eigenvalue weighted by Crippen LogP contribution is -2.15. The zero-order valence-electron chi connectivity index (χ0n) is 31.0. The summed E-state index contributed by atoms with van der Waals surface area (Å²) in [5.41, 5.74) is 18.5. The third-order valence-corrected chi connectivity index (χ3v) is 12.1. The Morgan fingerprint density at radius 2 is 1.08 bits per heavy atom. The van der Waals surface area contributed by atoms with Crippen LogP contribution in [0.15, 0.2) is 144 Å². The average Bonchev–Trinajstić information content (AvgIpc) is 3.75. The van der Waals surface area contributed by atoms with Gasteiger partial charge in [0.05, 0.1) is 11.0 Å². The number of rotatable bonds is 3. The van der Waals surface area contributed by atoms with E-state index in [4.69, 9.17) is 4.42 Å². The highest BCUT2D eigenvalue weighted by Gasteiger charge is 2.37. The smallest absolute Gasteiger partial charge is 0.135 e. The molecule has 0 radical (unpaired) electrons. The van der Waals surface area contributed by atoms with Crippen LogP contribution in [0.4, 0.5) is 0 Å². The van der Waals surface area contributed by atoms with Crippen molar-refractivity contribution in [3.05, 3.63) is 162 Å². The molecule has 258 valence electrons. The maximum absolute atomic E-state index is 6.13. The fourth-order valence-corrected chi connectivity index (χ4v) is 8.74. The molecular weight excluding hydrogens is 643 g/mol. The number of hydrogen-bond donors (Lipinski definition) is 0. The van der Waals surface area contributed by atoms with Gasteiger partial charge in [-0.05, 0) is 130 Å². The molecule has 9 aromatic rings. The topological polar surface area (TPSA) is 18.1 Å². The second-order valence-corrected chi connectivity index (χ2v) is 15.7. The molecular formula is C51H43NO. The molecule has 0 amide bonds. The molecule has 0 unspecified atom stereocenters. The Morgan fingerprint density at radius 3 is 1.87 bits per heavy atom. The molecule has 0 bridgehead atoms. The van der Waals surface area contributed by atoms with Crippen molar-refractivity contribution in [1.29, 1.82) is 0 Å². The maximum atomic E-state index is 6.13. The van der Waals surface area contributed by atoms with Crippen molar-refractivity contribution in [3.63, 3.8) is 0 Å². The fourth-order valence-electron chi connectivity index (χ4n) is 8.74. The van der Waals surface area contributed by atoms with Gasteiger partial charge in [0.15, 0.2) is 0 Å². The lowest BCUT2D eigenvalue weighted by atomic mass is 9.81. The molecule has 0 N–H and O–H groups in total. The van der Waals surface area contributed by atoms with Crippen LogP contribution in [0.2, 0.25) is 0 Å². The van der Waals surface area contributed by atoms with Gasteiger partial charge in [-0.3, -0.25) is 0 Å². The molecule has 7 aromatic carbocycles. The minimum absolute atomic E-state index is 0.125. The minimum atomic E-state index is -0.125. The van der Waals surface area contributed by atoms with E-state index in [1.807, 2.05) is 12.1 Å². The minimum Gasteiger partial charge on any atom is -0.456 e. The Labute approximate surface area is 311 Å². The predicted molar refractivity (Wildman–Crippen MR) is 224 cm³/mol. The van der Waals surface area contributed by atoms with E-state index in [-0.39, 0.29) is 5.41 Å². The zero-order chi connectivity index (χ0) is 35.8. The van der Waals surface area contributed by atoms with Crippen LogP contribution < -0.4 is 0 Å². The summed E-state index contributed by atoms with van der Waals surface area (Å²) in [5, 5.41) is 4.89. The maximum Gasteiger partial charge on any atom is 0.135 e. The molecule has 0 atom stereocenters. The van der Waals surface area contributed by atoms with Crippen LogP contribution in [0.5, 0.6) is 0 Å². The molecule has 0 saturated heterocycles. The van der Waals surface area contributed by atoms with E-state index >= 15 is 0 Å². The van der Waals surface area contributed by atoms with Gasteiger partial charge in [-0.25, -0.2) is 0 Å². The third-order valence-electron chi connectivity index (χ3n) is 12.1. The lowest BCUT2D eigenvalue weighted by Gasteiger charge is -2.23. The molecule has 2 nitrogen and oxygen atoms in total. The summed E-state index contributed by atoms with van der Waals surface area (Å²) < 4.78 is 8.56. The van der Waals surface area contributed by atoms with Crippen molar-refractivity contribution in [2.45, 2.75) is 58.8 Å². The van der Waals surface area contributed by atoms with Crippen molar-refractivity contribution < 1.29 is 4.42 Å². The van der Waals surface area contributed by atoms with E-state index in [9.17, 15) is 0 Å². The number of hydrogen-bond acceptors (Lipinski definition) is 1. The lowest BCUT2D eigenvalue weighted by molar-refractivity contribution is 0.504. The molecule has 2 aromatic heterocycles. The quantitative estimate of drug-likeness (QED) is 0.181. The highest BCUT2D eigenvalue weighted by atomic mass is 16.3. The van der Waals surface area contributed by atoms with Crippen LogP contribution in [0.1, 0.15) is 61.8 Å². The largest absolute Gasteiger partial charge is 0.456 e. The summed E-state index contributed by atoms with van der Waals surface area (Å²) in [6.45, 7) is 9.29. The third kappa shape index (κ3) is 5.00. The van der Waals surface area contributed by atoms with Gasteiger partial charge in [-0.1, -0.05) is 118 Å². The number of nitrogens with zero attached hydrogens (tertiary/aromatic N) is 1. The van der Waals surface area contributed by atoms with Crippen LogP contribution in [-0.2, 0) is 5.41 Å². The summed E-state index contributed by atoms with van der Waals surface area (Å²) in [7, 11) is 0. The van der Waals surface area contributed by atoms with E-state index < -0.39 is 0 Å². The van der Waals surface area contributed by atoms with Gasteiger partial charge in [0.2, 0.25) is 0 Å². The number of aryl methyl sites for hydroxylation is 2. The average molecular weight is 686 g/mol. The van der Waals surface area contributed by atoms with E-state index in [0.29, 0.717) is 0 Å². The number of fused-ring (bicyclic) bond motifs is 9. The SMILES string of the molecule is C1CCC1.Cc1ccc(-c2ccc3oc4ccccc4c3c2)cc1-c1cc2c(cc1C)C(C)(C)c1cc3c(cc1-2)c1ccccc1n3-c1ccccc1. The van der Waals surface area contributed by atoms with Gasteiger partial charge in [0.1, 0.15) is 11.2 Å².